The number of ether oxygens (including phenoxy) is 1. The molecule has 0 spiro atoms. The molecular weight excluding hydrogens is 240 g/mol. The van der Waals surface area contributed by atoms with Crippen molar-refractivity contribution < 1.29 is 4.74 Å². The van der Waals surface area contributed by atoms with E-state index in [1.807, 2.05) is 13.8 Å². The number of hydrogen-bond acceptors (Lipinski definition) is 3. The van der Waals surface area contributed by atoms with Crippen LogP contribution in [0.4, 0.5) is 0 Å². The SMILES string of the molecule is COc1ccc2[nH]c(=O)c(C(C)C)nc2c1Cl. The van der Waals surface area contributed by atoms with Crippen molar-refractivity contribution in [2.75, 3.05) is 7.11 Å². The normalized spacial score (nSPS) is 11.1. The molecule has 0 aliphatic rings. The van der Waals surface area contributed by atoms with Gasteiger partial charge in [-0.3, -0.25) is 4.79 Å². The van der Waals surface area contributed by atoms with Gasteiger partial charge in [0.15, 0.2) is 0 Å². The van der Waals surface area contributed by atoms with Crippen LogP contribution in [0.5, 0.6) is 5.75 Å². The lowest BCUT2D eigenvalue weighted by molar-refractivity contribution is 0.415. The van der Waals surface area contributed by atoms with E-state index in [-0.39, 0.29) is 11.5 Å². The van der Waals surface area contributed by atoms with Crippen molar-refractivity contribution in [3.63, 3.8) is 0 Å². The van der Waals surface area contributed by atoms with Crippen LogP contribution in [-0.4, -0.2) is 17.1 Å². The number of methoxy groups -OCH3 is 1. The van der Waals surface area contributed by atoms with E-state index in [2.05, 4.69) is 9.97 Å². The predicted octanol–water partition coefficient (Wildman–Crippen LogP) is 2.71. The van der Waals surface area contributed by atoms with Gasteiger partial charge < -0.3 is 9.72 Å². The van der Waals surface area contributed by atoms with Crippen LogP contribution in [0.1, 0.15) is 25.5 Å². The molecule has 17 heavy (non-hydrogen) atoms. The zero-order valence-electron chi connectivity index (χ0n) is 9.87. The highest BCUT2D eigenvalue weighted by Gasteiger charge is 2.13. The van der Waals surface area contributed by atoms with Crippen LogP contribution >= 0.6 is 11.6 Å². The molecular formula is C12H13ClN2O2. The largest absolute Gasteiger partial charge is 0.495 e. The highest BCUT2D eigenvalue weighted by molar-refractivity contribution is 6.36. The van der Waals surface area contributed by atoms with Crippen LogP contribution in [0, 0.1) is 0 Å². The van der Waals surface area contributed by atoms with Crippen LogP contribution in [-0.2, 0) is 0 Å². The summed E-state index contributed by atoms with van der Waals surface area (Å²) in [4.78, 5) is 18.8. The van der Waals surface area contributed by atoms with Gasteiger partial charge in [0.05, 0.1) is 12.6 Å². The van der Waals surface area contributed by atoms with Gasteiger partial charge in [-0.2, -0.15) is 0 Å². The van der Waals surface area contributed by atoms with Gasteiger partial charge in [0, 0.05) is 5.92 Å². The number of halogens is 1. The maximum Gasteiger partial charge on any atom is 0.270 e. The van der Waals surface area contributed by atoms with Crippen LogP contribution in [0.2, 0.25) is 5.02 Å². The topological polar surface area (TPSA) is 55.0 Å². The van der Waals surface area contributed by atoms with E-state index >= 15 is 0 Å². The number of hydrogen-bond donors (Lipinski definition) is 1. The summed E-state index contributed by atoms with van der Waals surface area (Å²) in [5.74, 6) is 0.596. The zero-order valence-corrected chi connectivity index (χ0v) is 10.6. The van der Waals surface area contributed by atoms with Crippen molar-refractivity contribution in [3.05, 3.63) is 33.2 Å². The first-order valence-corrected chi connectivity index (χ1v) is 5.68. The second-order valence-electron chi connectivity index (χ2n) is 4.08. The third kappa shape index (κ3) is 2.00. The summed E-state index contributed by atoms with van der Waals surface area (Å²) in [6, 6.07) is 3.44. The third-order valence-corrected chi connectivity index (χ3v) is 2.93. The molecule has 4 nitrogen and oxygen atoms in total. The lowest BCUT2D eigenvalue weighted by Crippen LogP contribution is -2.16. The molecule has 1 heterocycles. The van der Waals surface area contributed by atoms with Gasteiger partial charge in [-0.25, -0.2) is 4.98 Å². The third-order valence-electron chi connectivity index (χ3n) is 2.56. The quantitative estimate of drug-likeness (QED) is 0.894. The molecule has 0 bridgehead atoms. The number of nitrogens with zero attached hydrogens (tertiary/aromatic N) is 1. The fourth-order valence-corrected chi connectivity index (χ4v) is 1.95. The molecule has 0 aliphatic heterocycles. The molecule has 1 aromatic heterocycles. The molecule has 0 amide bonds. The maximum absolute atomic E-state index is 11.7. The molecule has 0 fully saturated rings. The molecule has 0 aliphatic carbocycles. The second-order valence-corrected chi connectivity index (χ2v) is 4.46. The number of fused-ring (bicyclic) bond motifs is 1. The van der Waals surface area contributed by atoms with Crippen molar-refractivity contribution >= 4 is 22.6 Å². The Morgan fingerprint density at radius 1 is 1.41 bits per heavy atom. The fraction of sp³-hybridized carbons (Fsp3) is 0.333. The van der Waals surface area contributed by atoms with Gasteiger partial charge in [-0.1, -0.05) is 25.4 Å². The van der Waals surface area contributed by atoms with Crippen molar-refractivity contribution in [2.24, 2.45) is 0 Å². The molecule has 90 valence electrons. The van der Waals surface area contributed by atoms with Crippen molar-refractivity contribution in [3.8, 4) is 5.75 Å². The number of aromatic amines is 1. The molecule has 0 atom stereocenters. The van der Waals surface area contributed by atoms with Crippen LogP contribution < -0.4 is 10.3 Å². The average molecular weight is 253 g/mol. The van der Waals surface area contributed by atoms with Gasteiger partial charge in [-0.05, 0) is 12.1 Å². The summed E-state index contributed by atoms with van der Waals surface area (Å²) in [5.41, 5.74) is 1.49. The Hall–Kier alpha value is -1.55. The molecule has 0 unspecified atom stereocenters. The molecule has 5 heteroatoms. The monoisotopic (exact) mass is 252 g/mol. The number of rotatable bonds is 2. The Balaban J connectivity index is 2.81. The molecule has 0 saturated carbocycles. The van der Waals surface area contributed by atoms with Gasteiger partial charge >= 0.3 is 0 Å². The second kappa shape index (κ2) is 4.37. The fourth-order valence-electron chi connectivity index (χ4n) is 1.66. The van der Waals surface area contributed by atoms with Crippen LogP contribution in [0.3, 0.4) is 0 Å². The van der Waals surface area contributed by atoms with Crippen LogP contribution in [0.25, 0.3) is 11.0 Å². The highest BCUT2D eigenvalue weighted by atomic mass is 35.5. The van der Waals surface area contributed by atoms with Crippen molar-refractivity contribution in [1.82, 2.24) is 9.97 Å². The molecule has 2 aromatic rings. The number of H-pyrrole nitrogens is 1. The van der Waals surface area contributed by atoms with E-state index in [4.69, 9.17) is 16.3 Å². The Labute approximate surface area is 104 Å². The average Bonchev–Trinajstić information content (AvgIpc) is 2.28. The van der Waals surface area contributed by atoms with Crippen LogP contribution in [0.15, 0.2) is 16.9 Å². The van der Waals surface area contributed by atoms with E-state index in [0.717, 1.165) is 0 Å². The number of benzene rings is 1. The van der Waals surface area contributed by atoms with E-state index in [0.29, 0.717) is 27.5 Å². The standard InChI is InChI=1S/C12H13ClN2O2/c1-6(2)10-12(16)14-7-4-5-8(17-3)9(13)11(7)15-10/h4-6H,1-3H3,(H,14,16). The minimum atomic E-state index is -0.172. The summed E-state index contributed by atoms with van der Waals surface area (Å²) < 4.78 is 5.12. The smallest absolute Gasteiger partial charge is 0.270 e. The first kappa shape index (κ1) is 11.9. The Kier molecular flexibility index (Phi) is 3.07. The highest BCUT2D eigenvalue weighted by Crippen LogP contribution is 2.30. The molecule has 2 rings (SSSR count). The van der Waals surface area contributed by atoms with E-state index < -0.39 is 0 Å². The summed E-state index contributed by atoms with van der Waals surface area (Å²) in [7, 11) is 1.54. The number of nitrogens with one attached hydrogen (secondary N) is 1. The van der Waals surface area contributed by atoms with Gasteiger partial charge in [0.25, 0.3) is 5.56 Å². The Morgan fingerprint density at radius 3 is 2.71 bits per heavy atom. The molecule has 0 radical (unpaired) electrons. The minimum Gasteiger partial charge on any atom is -0.495 e. The molecule has 0 saturated heterocycles. The first-order chi connectivity index (χ1) is 8.04. The predicted molar refractivity (Wildman–Crippen MR) is 68.0 cm³/mol. The Morgan fingerprint density at radius 2 is 2.12 bits per heavy atom. The molecule has 1 aromatic carbocycles. The van der Waals surface area contributed by atoms with Gasteiger partial charge in [-0.15, -0.1) is 0 Å². The summed E-state index contributed by atoms with van der Waals surface area (Å²) in [6.45, 7) is 3.83. The summed E-state index contributed by atoms with van der Waals surface area (Å²) in [5, 5.41) is 0.420. The summed E-state index contributed by atoms with van der Waals surface area (Å²) in [6.07, 6.45) is 0. The lowest BCUT2D eigenvalue weighted by atomic mass is 10.1. The van der Waals surface area contributed by atoms with Crippen molar-refractivity contribution in [1.29, 1.82) is 0 Å². The van der Waals surface area contributed by atoms with E-state index in [9.17, 15) is 4.79 Å². The number of aromatic nitrogens is 2. The summed E-state index contributed by atoms with van der Waals surface area (Å²) >= 11 is 6.16. The maximum atomic E-state index is 11.7. The Bertz CT molecular complexity index is 620. The van der Waals surface area contributed by atoms with Crippen molar-refractivity contribution in [2.45, 2.75) is 19.8 Å². The molecule has 1 N–H and O–H groups in total. The van der Waals surface area contributed by atoms with Gasteiger partial charge in [0.1, 0.15) is 22.0 Å². The lowest BCUT2D eigenvalue weighted by Gasteiger charge is -2.08. The first-order valence-electron chi connectivity index (χ1n) is 5.31. The minimum absolute atomic E-state index is 0.0467. The van der Waals surface area contributed by atoms with E-state index in [1.54, 1.807) is 19.2 Å². The zero-order chi connectivity index (χ0) is 12.6. The van der Waals surface area contributed by atoms with E-state index in [1.165, 1.54) is 0 Å². The van der Waals surface area contributed by atoms with Gasteiger partial charge in [0.2, 0.25) is 0 Å².